The van der Waals surface area contributed by atoms with Crippen molar-refractivity contribution in [1.29, 1.82) is 0 Å². The number of nitrogens with zero attached hydrogens (tertiary/aromatic N) is 2. The fraction of sp³-hybridized carbons (Fsp3) is 0.400. The quantitative estimate of drug-likeness (QED) is 0.689. The number of carbonyl (C=O) groups is 2. The Bertz CT molecular complexity index is 724. The molecular formula is C20H24F3N3O2. The van der Waals surface area contributed by atoms with E-state index in [9.17, 15) is 22.8 Å². The summed E-state index contributed by atoms with van der Waals surface area (Å²) in [7, 11) is 0. The SMILES string of the molecule is C=CCN(CC=C)C(=O)C[C@H]1C(=O)NCCN1Cc1ccccc1C(F)(F)F. The van der Waals surface area contributed by atoms with Crippen LogP contribution in [0.5, 0.6) is 0 Å². The van der Waals surface area contributed by atoms with Crippen molar-refractivity contribution in [3.8, 4) is 0 Å². The number of rotatable bonds is 8. The zero-order valence-corrected chi connectivity index (χ0v) is 15.5. The minimum absolute atomic E-state index is 0.0655. The molecule has 0 spiro atoms. The second-order valence-corrected chi connectivity index (χ2v) is 6.51. The molecule has 1 N–H and O–H groups in total. The molecule has 1 aliphatic heterocycles. The van der Waals surface area contributed by atoms with Gasteiger partial charge in [0, 0.05) is 32.7 Å². The first-order valence-corrected chi connectivity index (χ1v) is 8.94. The number of hydrogen-bond acceptors (Lipinski definition) is 3. The van der Waals surface area contributed by atoms with E-state index in [0.29, 0.717) is 26.2 Å². The molecule has 1 saturated heterocycles. The second kappa shape index (κ2) is 9.54. The van der Waals surface area contributed by atoms with Gasteiger partial charge in [-0.3, -0.25) is 14.5 Å². The molecule has 28 heavy (non-hydrogen) atoms. The van der Waals surface area contributed by atoms with Gasteiger partial charge in [-0.2, -0.15) is 13.2 Å². The van der Waals surface area contributed by atoms with Gasteiger partial charge in [-0.15, -0.1) is 13.2 Å². The molecule has 152 valence electrons. The van der Waals surface area contributed by atoms with Crippen molar-refractivity contribution in [2.45, 2.75) is 25.2 Å². The van der Waals surface area contributed by atoms with Gasteiger partial charge >= 0.3 is 6.18 Å². The molecule has 1 heterocycles. The van der Waals surface area contributed by atoms with Crippen LogP contribution in [-0.2, 0) is 22.3 Å². The highest BCUT2D eigenvalue weighted by atomic mass is 19.4. The van der Waals surface area contributed by atoms with Crippen molar-refractivity contribution in [3.63, 3.8) is 0 Å². The van der Waals surface area contributed by atoms with E-state index in [0.717, 1.165) is 6.07 Å². The summed E-state index contributed by atoms with van der Waals surface area (Å²) in [4.78, 5) is 28.1. The molecule has 0 unspecified atom stereocenters. The highest BCUT2D eigenvalue weighted by Crippen LogP contribution is 2.32. The van der Waals surface area contributed by atoms with Crippen molar-refractivity contribution in [1.82, 2.24) is 15.1 Å². The maximum Gasteiger partial charge on any atom is 0.416 e. The zero-order chi connectivity index (χ0) is 20.7. The van der Waals surface area contributed by atoms with Crippen LogP contribution in [0.4, 0.5) is 13.2 Å². The zero-order valence-electron chi connectivity index (χ0n) is 15.5. The summed E-state index contributed by atoms with van der Waals surface area (Å²) in [6, 6.07) is 4.45. The molecule has 2 rings (SSSR count). The van der Waals surface area contributed by atoms with Gasteiger partial charge in [0.1, 0.15) is 0 Å². The Morgan fingerprint density at radius 3 is 2.50 bits per heavy atom. The summed E-state index contributed by atoms with van der Waals surface area (Å²) in [6.45, 7) is 8.43. The molecule has 1 fully saturated rings. The molecule has 0 bridgehead atoms. The summed E-state index contributed by atoms with van der Waals surface area (Å²) in [5.41, 5.74) is -0.651. The van der Waals surface area contributed by atoms with Crippen LogP contribution in [-0.4, -0.2) is 53.8 Å². The van der Waals surface area contributed by atoms with E-state index < -0.39 is 17.8 Å². The van der Waals surface area contributed by atoms with Crippen molar-refractivity contribution >= 4 is 11.8 Å². The lowest BCUT2D eigenvalue weighted by atomic mass is 10.0. The third-order valence-electron chi connectivity index (χ3n) is 4.56. The first-order valence-electron chi connectivity index (χ1n) is 8.94. The number of halogens is 3. The Hall–Kier alpha value is -2.61. The summed E-state index contributed by atoms with van der Waals surface area (Å²) < 4.78 is 39.9. The number of alkyl halides is 3. The highest BCUT2D eigenvalue weighted by Gasteiger charge is 2.36. The Morgan fingerprint density at radius 2 is 1.89 bits per heavy atom. The number of nitrogens with one attached hydrogen (secondary N) is 1. The number of piperazine rings is 1. The minimum Gasteiger partial charge on any atom is -0.353 e. The standard InChI is InChI=1S/C20H24F3N3O2/c1-3-10-25(11-4-2)18(27)13-17-19(28)24-9-12-26(17)14-15-7-5-6-8-16(15)20(21,22)23/h3-8,17H,1-2,9-14H2,(H,24,28)/t17-/m0/s1. The smallest absolute Gasteiger partial charge is 0.353 e. The summed E-state index contributed by atoms with van der Waals surface area (Å²) in [5.74, 6) is -0.641. The van der Waals surface area contributed by atoms with Gasteiger partial charge in [0.25, 0.3) is 0 Å². The first kappa shape index (κ1) is 21.7. The second-order valence-electron chi connectivity index (χ2n) is 6.51. The van der Waals surface area contributed by atoms with Crippen LogP contribution in [0.2, 0.25) is 0 Å². The fourth-order valence-electron chi connectivity index (χ4n) is 3.21. The number of hydrogen-bond donors (Lipinski definition) is 1. The fourth-order valence-corrected chi connectivity index (χ4v) is 3.21. The van der Waals surface area contributed by atoms with Gasteiger partial charge in [0.2, 0.25) is 11.8 Å². The van der Waals surface area contributed by atoms with Crippen LogP contribution < -0.4 is 5.32 Å². The molecule has 1 aliphatic rings. The van der Waals surface area contributed by atoms with E-state index in [4.69, 9.17) is 0 Å². The molecule has 8 heteroatoms. The lowest BCUT2D eigenvalue weighted by Crippen LogP contribution is -2.56. The summed E-state index contributed by atoms with van der Waals surface area (Å²) >= 11 is 0. The Balaban J connectivity index is 2.21. The van der Waals surface area contributed by atoms with Crippen molar-refractivity contribution in [2.24, 2.45) is 0 Å². The molecule has 1 aromatic rings. The molecule has 0 aliphatic carbocycles. The third-order valence-corrected chi connectivity index (χ3v) is 4.56. The Morgan fingerprint density at radius 1 is 1.25 bits per heavy atom. The maximum absolute atomic E-state index is 13.3. The highest BCUT2D eigenvalue weighted by molar-refractivity contribution is 5.89. The van der Waals surface area contributed by atoms with Crippen LogP contribution in [0.3, 0.4) is 0 Å². The van der Waals surface area contributed by atoms with Crippen molar-refractivity contribution in [3.05, 3.63) is 60.7 Å². The van der Waals surface area contributed by atoms with E-state index in [1.54, 1.807) is 17.1 Å². The van der Waals surface area contributed by atoms with Crippen molar-refractivity contribution < 1.29 is 22.8 Å². The van der Waals surface area contributed by atoms with E-state index in [-0.39, 0.29) is 30.3 Å². The van der Waals surface area contributed by atoms with Crippen LogP contribution in [0.1, 0.15) is 17.5 Å². The van der Waals surface area contributed by atoms with Crippen LogP contribution >= 0.6 is 0 Å². The third kappa shape index (κ3) is 5.45. The predicted molar refractivity (Wildman–Crippen MR) is 100 cm³/mol. The van der Waals surface area contributed by atoms with E-state index in [1.807, 2.05) is 0 Å². The van der Waals surface area contributed by atoms with Crippen LogP contribution in [0, 0.1) is 0 Å². The summed E-state index contributed by atoms with van der Waals surface area (Å²) in [5, 5.41) is 2.69. The summed E-state index contributed by atoms with van der Waals surface area (Å²) in [6.07, 6.45) is -1.47. The van der Waals surface area contributed by atoms with Crippen molar-refractivity contribution in [2.75, 3.05) is 26.2 Å². The topological polar surface area (TPSA) is 52.7 Å². The number of benzene rings is 1. The molecule has 1 aromatic carbocycles. The van der Waals surface area contributed by atoms with E-state index in [2.05, 4.69) is 18.5 Å². The molecule has 0 radical (unpaired) electrons. The molecule has 0 saturated carbocycles. The lowest BCUT2D eigenvalue weighted by Gasteiger charge is -2.36. The normalized spacial score (nSPS) is 17.7. The predicted octanol–water partition coefficient (Wildman–Crippen LogP) is 2.60. The van der Waals surface area contributed by atoms with Gasteiger partial charge in [-0.1, -0.05) is 30.4 Å². The molecule has 2 amide bonds. The van der Waals surface area contributed by atoms with Gasteiger partial charge in [0.05, 0.1) is 18.0 Å². The molecule has 5 nitrogen and oxygen atoms in total. The average Bonchev–Trinajstić information content (AvgIpc) is 2.64. The van der Waals surface area contributed by atoms with Gasteiger partial charge in [0.15, 0.2) is 0 Å². The molecule has 1 atom stereocenters. The van der Waals surface area contributed by atoms with Gasteiger partial charge in [-0.05, 0) is 11.6 Å². The van der Waals surface area contributed by atoms with Crippen LogP contribution in [0.15, 0.2) is 49.6 Å². The maximum atomic E-state index is 13.3. The number of carbonyl (C=O) groups excluding carboxylic acids is 2. The molecule has 0 aromatic heterocycles. The number of amides is 2. The lowest BCUT2D eigenvalue weighted by molar-refractivity contribution is -0.140. The van der Waals surface area contributed by atoms with Gasteiger partial charge in [-0.25, -0.2) is 0 Å². The van der Waals surface area contributed by atoms with E-state index in [1.165, 1.54) is 23.1 Å². The first-order chi connectivity index (χ1) is 13.3. The van der Waals surface area contributed by atoms with Gasteiger partial charge < -0.3 is 10.2 Å². The monoisotopic (exact) mass is 395 g/mol. The Kier molecular flexibility index (Phi) is 7.39. The average molecular weight is 395 g/mol. The van der Waals surface area contributed by atoms with E-state index >= 15 is 0 Å². The van der Waals surface area contributed by atoms with Crippen LogP contribution in [0.25, 0.3) is 0 Å². The minimum atomic E-state index is -4.48. The largest absolute Gasteiger partial charge is 0.416 e. The Labute approximate surface area is 162 Å². The molecular weight excluding hydrogens is 371 g/mol.